The van der Waals surface area contributed by atoms with Gasteiger partial charge in [-0.05, 0) is 38.5 Å². The van der Waals surface area contributed by atoms with Crippen LogP contribution in [-0.4, -0.2) is 31.9 Å². The highest BCUT2D eigenvalue weighted by atomic mass is 32.2. The molecular weight excluding hydrogens is 288 g/mol. The Morgan fingerprint density at radius 2 is 2.00 bits per heavy atom. The van der Waals surface area contributed by atoms with Gasteiger partial charge in [-0.1, -0.05) is 17.9 Å². The van der Waals surface area contributed by atoms with E-state index >= 15 is 0 Å². The maximum absolute atomic E-state index is 12.1. The molecule has 0 atom stereocenters. The fourth-order valence-corrected chi connectivity index (χ4v) is 1.82. The maximum atomic E-state index is 12.1. The number of amides is 1. The minimum atomic E-state index is -3.51. The third kappa shape index (κ3) is 4.06. The van der Waals surface area contributed by atoms with Crippen molar-refractivity contribution in [2.24, 2.45) is 5.73 Å². The van der Waals surface area contributed by atoms with E-state index in [2.05, 4.69) is 17.2 Å². The van der Waals surface area contributed by atoms with Gasteiger partial charge in [-0.15, -0.1) is 0 Å². The smallest absolute Gasteiger partial charge is 0.245 e. The van der Waals surface area contributed by atoms with Crippen molar-refractivity contribution in [2.75, 3.05) is 18.1 Å². The lowest BCUT2D eigenvalue weighted by molar-refractivity contribution is -0.117. The van der Waals surface area contributed by atoms with Gasteiger partial charge in [0, 0.05) is 17.5 Å². The summed E-state index contributed by atoms with van der Waals surface area (Å²) < 4.78 is 21.8. The van der Waals surface area contributed by atoms with Crippen LogP contribution in [0.2, 0.25) is 0 Å². The lowest BCUT2D eigenvalue weighted by Gasteiger charge is -2.21. The molecule has 114 valence electrons. The number of nitrogens with two attached hydrogens (primary N) is 1. The van der Waals surface area contributed by atoms with E-state index in [4.69, 9.17) is 5.73 Å². The first-order valence-electron chi connectivity index (χ1n) is 6.40. The first kappa shape index (κ1) is 17.2. The third-order valence-electron chi connectivity index (χ3n) is 3.29. The largest absolute Gasteiger partial charge is 0.325 e. The second-order valence-corrected chi connectivity index (χ2v) is 7.84. The molecule has 0 saturated heterocycles. The number of sulfone groups is 1. The Hall–Kier alpha value is -1.84. The summed E-state index contributed by atoms with van der Waals surface area (Å²) in [6, 6.07) is 5.22. The van der Waals surface area contributed by atoms with E-state index in [9.17, 15) is 13.2 Å². The molecule has 0 heterocycles. The average Bonchev–Trinajstić information content (AvgIpc) is 2.37. The van der Waals surface area contributed by atoms with Crippen molar-refractivity contribution in [2.45, 2.75) is 25.5 Å². The van der Waals surface area contributed by atoms with Gasteiger partial charge in [0.1, 0.15) is 4.75 Å². The van der Waals surface area contributed by atoms with Crippen molar-refractivity contribution >= 4 is 21.4 Å². The van der Waals surface area contributed by atoms with Crippen molar-refractivity contribution in [3.63, 3.8) is 0 Å². The zero-order valence-corrected chi connectivity index (χ0v) is 13.5. The van der Waals surface area contributed by atoms with Crippen LogP contribution in [0.15, 0.2) is 18.2 Å². The SMILES string of the molecule is Cc1ccc(NC(=O)C(C)(C)S(C)(=O)=O)cc1C#CCN. The van der Waals surface area contributed by atoms with Crippen LogP contribution in [0.4, 0.5) is 5.69 Å². The number of hydrogen-bond acceptors (Lipinski definition) is 4. The minimum Gasteiger partial charge on any atom is -0.325 e. The molecule has 0 unspecified atom stereocenters. The monoisotopic (exact) mass is 308 g/mol. The summed E-state index contributed by atoms with van der Waals surface area (Å²) >= 11 is 0. The van der Waals surface area contributed by atoms with E-state index in [-0.39, 0.29) is 6.54 Å². The molecule has 1 aromatic carbocycles. The van der Waals surface area contributed by atoms with Gasteiger partial charge in [0.2, 0.25) is 5.91 Å². The van der Waals surface area contributed by atoms with Gasteiger partial charge < -0.3 is 11.1 Å². The Bertz CT molecular complexity index is 710. The Morgan fingerprint density at radius 1 is 1.38 bits per heavy atom. The molecular formula is C15H20N2O3S. The highest BCUT2D eigenvalue weighted by molar-refractivity contribution is 7.92. The first-order valence-corrected chi connectivity index (χ1v) is 8.29. The predicted octanol–water partition coefficient (Wildman–Crippen LogP) is 1.07. The Kier molecular flexibility index (Phi) is 5.15. The van der Waals surface area contributed by atoms with Gasteiger partial charge in [-0.3, -0.25) is 4.79 Å². The van der Waals surface area contributed by atoms with E-state index in [1.165, 1.54) is 13.8 Å². The molecule has 21 heavy (non-hydrogen) atoms. The molecule has 0 aliphatic heterocycles. The molecule has 0 radical (unpaired) electrons. The zero-order chi connectivity index (χ0) is 16.3. The normalized spacial score (nSPS) is 11.5. The summed E-state index contributed by atoms with van der Waals surface area (Å²) in [7, 11) is -3.51. The molecule has 6 heteroatoms. The van der Waals surface area contributed by atoms with Crippen LogP contribution in [0.5, 0.6) is 0 Å². The molecule has 1 aromatic rings. The van der Waals surface area contributed by atoms with Crippen LogP contribution in [0.3, 0.4) is 0 Å². The lowest BCUT2D eigenvalue weighted by atomic mass is 10.1. The van der Waals surface area contributed by atoms with Crippen molar-refractivity contribution in [3.8, 4) is 11.8 Å². The number of benzene rings is 1. The van der Waals surface area contributed by atoms with Gasteiger partial charge in [-0.2, -0.15) is 0 Å². The third-order valence-corrected chi connectivity index (χ3v) is 5.33. The van der Waals surface area contributed by atoms with Crippen LogP contribution >= 0.6 is 0 Å². The molecule has 5 nitrogen and oxygen atoms in total. The maximum Gasteiger partial charge on any atom is 0.245 e. The van der Waals surface area contributed by atoms with E-state index in [1.54, 1.807) is 12.1 Å². The van der Waals surface area contributed by atoms with Gasteiger partial charge in [0.05, 0.1) is 6.54 Å². The number of hydrogen-bond donors (Lipinski definition) is 2. The number of carbonyl (C=O) groups excluding carboxylic acids is 1. The molecule has 0 aliphatic rings. The molecule has 0 spiro atoms. The van der Waals surface area contributed by atoms with E-state index in [0.29, 0.717) is 5.69 Å². The highest BCUT2D eigenvalue weighted by Crippen LogP contribution is 2.20. The topological polar surface area (TPSA) is 89.3 Å². The van der Waals surface area contributed by atoms with Crippen molar-refractivity contribution in [1.82, 2.24) is 0 Å². The zero-order valence-electron chi connectivity index (χ0n) is 12.6. The minimum absolute atomic E-state index is 0.247. The summed E-state index contributed by atoms with van der Waals surface area (Å²) in [6.07, 6.45) is 1.04. The molecule has 0 saturated carbocycles. The highest BCUT2D eigenvalue weighted by Gasteiger charge is 2.38. The van der Waals surface area contributed by atoms with Crippen LogP contribution in [0.1, 0.15) is 25.0 Å². The molecule has 0 aliphatic carbocycles. The Labute approximate surface area is 125 Å². The molecule has 1 rings (SSSR count). The number of aryl methyl sites for hydroxylation is 1. The Balaban J connectivity index is 3.07. The summed E-state index contributed by atoms with van der Waals surface area (Å²) in [5.41, 5.74) is 7.54. The first-order chi connectivity index (χ1) is 9.59. The van der Waals surface area contributed by atoms with Crippen molar-refractivity contribution in [1.29, 1.82) is 0 Å². The molecule has 0 bridgehead atoms. The van der Waals surface area contributed by atoms with E-state index < -0.39 is 20.5 Å². The number of anilines is 1. The molecule has 3 N–H and O–H groups in total. The van der Waals surface area contributed by atoms with Gasteiger partial charge >= 0.3 is 0 Å². The van der Waals surface area contributed by atoms with Crippen LogP contribution in [0, 0.1) is 18.8 Å². The van der Waals surface area contributed by atoms with Gasteiger partial charge in [0.25, 0.3) is 0 Å². The van der Waals surface area contributed by atoms with Crippen LogP contribution < -0.4 is 11.1 Å². The fraction of sp³-hybridized carbons (Fsp3) is 0.400. The average molecular weight is 308 g/mol. The quantitative estimate of drug-likeness (QED) is 0.817. The molecule has 0 fully saturated rings. The van der Waals surface area contributed by atoms with E-state index in [0.717, 1.165) is 17.4 Å². The fourth-order valence-electron chi connectivity index (χ4n) is 1.43. The number of rotatable bonds is 3. The van der Waals surface area contributed by atoms with Gasteiger partial charge in [-0.25, -0.2) is 8.42 Å². The summed E-state index contributed by atoms with van der Waals surface area (Å²) in [5.74, 6) is 5.08. The summed E-state index contributed by atoms with van der Waals surface area (Å²) in [6.45, 7) is 4.89. The number of nitrogens with one attached hydrogen (secondary N) is 1. The van der Waals surface area contributed by atoms with Crippen LogP contribution in [-0.2, 0) is 14.6 Å². The second kappa shape index (κ2) is 6.29. The van der Waals surface area contributed by atoms with E-state index in [1.807, 2.05) is 13.0 Å². The van der Waals surface area contributed by atoms with Gasteiger partial charge in [0.15, 0.2) is 9.84 Å². The van der Waals surface area contributed by atoms with Crippen molar-refractivity contribution < 1.29 is 13.2 Å². The molecule has 0 aromatic heterocycles. The Morgan fingerprint density at radius 3 is 2.52 bits per heavy atom. The number of carbonyl (C=O) groups is 1. The van der Waals surface area contributed by atoms with Crippen LogP contribution in [0.25, 0.3) is 0 Å². The second-order valence-electron chi connectivity index (χ2n) is 5.27. The summed E-state index contributed by atoms with van der Waals surface area (Å²) in [5, 5.41) is 2.62. The van der Waals surface area contributed by atoms with Crippen molar-refractivity contribution in [3.05, 3.63) is 29.3 Å². The standard InChI is InChI=1S/C15H20N2O3S/c1-11-7-8-13(10-12(11)6-5-9-16)17-14(18)15(2,3)21(4,19)20/h7-8,10H,9,16H2,1-4H3,(H,17,18). The molecule has 1 amide bonds. The summed E-state index contributed by atoms with van der Waals surface area (Å²) in [4.78, 5) is 12.1. The predicted molar refractivity (Wildman–Crippen MR) is 84.7 cm³/mol. The lowest BCUT2D eigenvalue weighted by Crippen LogP contribution is -2.43.